The molecule has 0 spiro atoms. The lowest BCUT2D eigenvalue weighted by Crippen LogP contribution is -2.29. The number of ether oxygens (including phenoxy) is 1. The molecule has 29 heavy (non-hydrogen) atoms. The fraction of sp³-hybridized carbons (Fsp3) is 0.400. The Morgan fingerprint density at radius 2 is 2.03 bits per heavy atom. The zero-order valence-electron chi connectivity index (χ0n) is 15.8. The maximum absolute atomic E-state index is 12.1. The van der Waals surface area contributed by atoms with Crippen LogP contribution in [-0.4, -0.2) is 42.6 Å². The summed E-state index contributed by atoms with van der Waals surface area (Å²) in [5, 5.41) is 31.5. The van der Waals surface area contributed by atoms with Crippen molar-refractivity contribution in [2.45, 2.75) is 44.3 Å². The number of aliphatic hydroxyl groups is 2. The summed E-state index contributed by atoms with van der Waals surface area (Å²) >= 11 is 0. The number of aryl methyl sites for hydroxylation is 1. The molecule has 4 N–H and O–H groups in total. The van der Waals surface area contributed by atoms with E-state index in [0.29, 0.717) is 6.42 Å². The number of fused-ring (bicyclic) bond motifs is 1. The van der Waals surface area contributed by atoms with Crippen molar-refractivity contribution in [1.29, 1.82) is 0 Å². The number of phenols is 1. The summed E-state index contributed by atoms with van der Waals surface area (Å²) in [6, 6.07) is 8.84. The van der Waals surface area contributed by atoms with E-state index in [1.807, 2.05) is 22.9 Å². The van der Waals surface area contributed by atoms with Gasteiger partial charge in [-0.05, 0) is 60.6 Å². The molecule has 156 valence electrons. The molecule has 2 aliphatic rings. The number of hydrogen-bond acceptors (Lipinski definition) is 6. The fourth-order valence-corrected chi connectivity index (χ4v) is 4.91. The van der Waals surface area contributed by atoms with Crippen molar-refractivity contribution in [3.05, 3.63) is 48.0 Å². The maximum Gasteiger partial charge on any atom is 0.330 e. The first kappa shape index (κ1) is 19.8. The van der Waals surface area contributed by atoms with E-state index in [-0.39, 0.29) is 17.5 Å². The summed E-state index contributed by atoms with van der Waals surface area (Å²) < 4.78 is 32.5. The number of nitrogens with one attached hydrogen (secondary N) is 1. The lowest BCUT2D eigenvalue weighted by Gasteiger charge is -2.17. The van der Waals surface area contributed by atoms with Crippen molar-refractivity contribution in [3.8, 4) is 5.75 Å². The molecule has 0 saturated carbocycles. The highest BCUT2D eigenvalue weighted by Crippen LogP contribution is 2.36. The number of aromatic hydroxyl groups is 1. The molecule has 2 aliphatic heterocycles. The highest BCUT2D eigenvalue weighted by atomic mass is 32.2. The quantitative estimate of drug-likeness (QED) is 0.570. The van der Waals surface area contributed by atoms with Crippen LogP contribution in [0, 0.1) is 0 Å². The van der Waals surface area contributed by atoms with Crippen molar-refractivity contribution < 1.29 is 28.5 Å². The number of rotatable bonds is 6. The molecule has 2 aromatic carbocycles. The van der Waals surface area contributed by atoms with Crippen LogP contribution in [0.3, 0.4) is 0 Å². The summed E-state index contributed by atoms with van der Waals surface area (Å²) in [7, 11) is -3.98. The van der Waals surface area contributed by atoms with E-state index in [1.165, 1.54) is 6.07 Å². The lowest BCUT2D eigenvalue weighted by atomic mass is 9.99. The van der Waals surface area contributed by atoms with Crippen LogP contribution in [0.2, 0.25) is 0 Å². The summed E-state index contributed by atoms with van der Waals surface area (Å²) in [5.41, 5.74) is 1.11. The molecule has 2 aromatic rings. The second-order valence-corrected chi connectivity index (χ2v) is 9.00. The van der Waals surface area contributed by atoms with E-state index < -0.39 is 22.2 Å². The number of phenolic OH excluding ortho intramolecular Hbond substituents is 1. The van der Waals surface area contributed by atoms with Gasteiger partial charge >= 0.3 is 10.2 Å². The molecule has 0 aromatic heterocycles. The third kappa shape index (κ3) is 4.12. The Balaban J connectivity index is 1.51. The van der Waals surface area contributed by atoms with E-state index in [2.05, 4.69) is 0 Å². The largest absolute Gasteiger partial charge is 0.506 e. The van der Waals surface area contributed by atoms with Crippen LogP contribution in [0.15, 0.2) is 42.4 Å². The first-order valence-corrected chi connectivity index (χ1v) is 11.1. The minimum Gasteiger partial charge on any atom is -0.506 e. The average Bonchev–Trinajstić information content (AvgIpc) is 3.28. The van der Waals surface area contributed by atoms with Gasteiger partial charge < -0.3 is 20.1 Å². The molecule has 2 unspecified atom stereocenters. The van der Waals surface area contributed by atoms with Crippen molar-refractivity contribution >= 4 is 26.7 Å². The van der Waals surface area contributed by atoms with Crippen molar-refractivity contribution in [2.75, 3.05) is 10.9 Å². The van der Waals surface area contributed by atoms with Crippen molar-refractivity contribution in [2.24, 2.45) is 0 Å². The van der Waals surface area contributed by atoms with Gasteiger partial charge in [-0.3, -0.25) is 0 Å². The van der Waals surface area contributed by atoms with Gasteiger partial charge in [0.25, 0.3) is 0 Å². The molecule has 8 nitrogen and oxygen atoms in total. The van der Waals surface area contributed by atoms with Crippen molar-refractivity contribution in [1.82, 2.24) is 4.72 Å². The van der Waals surface area contributed by atoms with Gasteiger partial charge in [-0.2, -0.15) is 8.42 Å². The molecule has 9 heteroatoms. The molecule has 0 bridgehead atoms. The van der Waals surface area contributed by atoms with Crippen LogP contribution in [0.25, 0.3) is 10.8 Å². The first-order valence-electron chi connectivity index (χ1n) is 9.62. The SMILES string of the molecule is O=S1(=O)NC(O)=CN1c1cc2cc(CCCC(O)C3CCCO3)ccc2cc1O. The molecule has 0 aliphatic carbocycles. The number of benzene rings is 2. The van der Waals surface area contributed by atoms with Crippen LogP contribution < -0.4 is 9.03 Å². The van der Waals surface area contributed by atoms with Gasteiger partial charge in [0, 0.05) is 6.61 Å². The molecule has 2 heterocycles. The third-order valence-corrected chi connectivity index (χ3v) is 6.61. The zero-order valence-corrected chi connectivity index (χ0v) is 16.6. The van der Waals surface area contributed by atoms with Crippen molar-refractivity contribution in [3.63, 3.8) is 0 Å². The Bertz CT molecular complexity index is 1050. The minimum atomic E-state index is -3.98. The van der Waals surface area contributed by atoms with Gasteiger partial charge in [0.2, 0.25) is 5.88 Å². The van der Waals surface area contributed by atoms with Gasteiger partial charge in [-0.15, -0.1) is 0 Å². The molecule has 4 rings (SSSR count). The maximum atomic E-state index is 12.1. The van der Waals surface area contributed by atoms with Gasteiger partial charge in [-0.25, -0.2) is 9.03 Å². The number of anilines is 1. The van der Waals surface area contributed by atoms with E-state index >= 15 is 0 Å². The Hall–Kier alpha value is -2.49. The Morgan fingerprint density at radius 3 is 2.72 bits per heavy atom. The predicted octanol–water partition coefficient (Wildman–Crippen LogP) is 2.42. The smallest absolute Gasteiger partial charge is 0.330 e. The highest BCUT2D eigenvalue weighted by molar-refractivity contribution is 7.91. The van der Waals surface area contributed by atoms with Crippen LogP contribution in [0.5, 0.6) is 5.75 Å². The van der Waals surface area contributed by atoms with Gasteiger partial charge in [-0.1, -0.05) is 18.2 Å². The Morgan fingerprint density at radius 1 is 1.21 bits per heavy atom. The average molecular weight is 420 g/mol. The number of aliphatic hydroxyl groups excluding tert-OH is 2. The van der Waals surface area contributed by atoms with Crippen LogP contribution in [0.4, 0.5) is 5.69 Å². The van der Waals surface area contributed by atoms with Gasteiger partial charge in [0.1, 0.15) is 11.4 Å². The minimum absolute atomic E-state index is 0.0556. The van der Waals surface area contributed by atoms with Gasteiger partial charge in [0.15, 0.2) is 0 Å². The first-order chi connectivity index (χ1) is 13.8. The van der Waals surface area contributed by atoms with Crippen LogP contribution in [-0.2, 0) is 21.4 Å². The van der Waals surface area contributed by atoms with E-state index in [4.69, 9.17) is 4.74 Å². The van der Waals surface area contributed by atoms with E-state index in [0.717, 1.165) is 59.1 Å². The second kappa shape index (κ2) is 7.74. The Labute approximate surface area is 169 Å². The number of hydrogen-bond donors (Lipinski definition) is 4. The summed E-state index contributed by atoms with van der Waals surface area (Å²) in [4.78, 5) is 0. The Kier molecular flexibility index (Phi) is 5.28. The van der Waals surface area contributed by atoms with E-state index in [9.17, 15) is 23.7 Å². The fourth-order valence-electron chi connectivity index (χ4n) is 3.85. The van der Waals surface area contributed by atoms with Crippen LogP contribution >= 0.6 is 0 Å². The predicted molar refractivity (Wildman–Crippen MR) is 109 cm³/mol. The zero-order chi connectivity index (χ0) is 20.6. The molecular weight excluding hydrogens is 396 g/mol. The van der Waals surface area contributed by atoms with Crippen LogP contribution in [0.1, 0.15) is 31.2 Å². The molecule has 0 radical (unpaired) electrons. The third-order valence-electron chi connectivity index (χ3n) is 5.33. The molecule has 0 amide bonds. The molecule has 2 atom stereocenters. The molecule has 1 fully saturated rings. The summed E-state index contributed by atoms with van der Waals surface area (Å²) in [6.07, 6.45) is 4.63. The number of nitrogens with zero attached hydrogens (tertiary/aromatic N) is 1. The molecular formula is C20H24N2O6S. The highest BCUT2D eigenvalue weighted by Gasteiger charge is 2.30. The normalized spacial score (nSPS) is 21.9. The lowest BCUT2D eigenvalue weighted by molar-refractivity contribution is -0.00603. The summed E-state index contributed by atoms with van der Waals surface area (Å²) in [5.74, 6) is -0.718. The second-order valence-electron chi connectivity index (χ2n) is 7.45. The summed E-state index contributed by atoms with van der Waals surface area (Å²) in [6.45, 7) is 0.719. The monoisotopic (exact) mass is 420 g/mol. The molecule has 1 saturated heterocycles. The standard InChI is InChI=1S/C20H24N2O6S/c23-17(19-5-2-8-28-19)4-1-3-13-6-7-14-11-18(24)16(10-15(14)9-13)22-12-20(25)21-29(22,26)27/h6-7,9-12,17,19,21,23-25H,1-5,8H2. The topological polar surface area (TPSA) is 119 Å². The van der Waals surface area contributed by atoms with E-state index in [1.54, 1.807) is 6.07 Å². The van der Waals surface area contributed by atoms with Gasteiger partial charge in [0.05, 0.1) is 18.4 Å².